The standard InChI is InChI=1S/C25H26N4O/c1-25(2,3)18-7-9-19(10-8-18)29-24(30)20-16-28-22-6-4-5-21(23(20)22)27-15-17-11-13-26-14-12-17/h4-14,16,27-28H,15H2,1-3H3,(H,29,30). The van der Waals surface area contributed by atoms with E-state index in [4.69, 9.17) is 0 Å². The van der Waals surface area contributed by atoms with E-state index in [0.29, 0.717) is 12.1 Å². The highest BCUT2D eigenvalue weighted by Crippen LogP contribution is 2.28. The summed E-state index contributed by atoms with van der Waals surface area (Å²) < 4.78 is 0. The average Bonchev–Trinajstić information content (AvgIpc) is 3.18. The Morgan fingerprint density at radius 1 is 1.00 bits per heavy atom. The second kappa shape index (κ2) is 8.03. The molecule has 2 aromatic carbocycles. The van der Waals surface area contributed by atoms with Crippen LogP contribution in [0.2, 0.25) is 0 Å². The molecule has 152 valence electrons. The number of aromatic amines is 1. The minimum atomic E-state index is -0.136. The maximum absolute atomic E-state index is 13.0. The van der Waals surface area contributed by atoms with Gasteiger partial charge in [0.05, 0.1) is 5.56 Å². The fourth-order valence-corrected chi connectivity index (χ4v) is 3.46. The molecule has 0 fully saturated rings. The van der Waals surface area contributed by atoms with Crippen LogP contribution in [0.3, 0.4) is 0 Å². The number of fused-ring (bicyclic) bond motifs is 1. The highest BCUT2D eigenvalue weighted by Gasteiger charge is 2.17. The van der Waals surface area contributed by atoms with Gasteiger partial charge < -0.3 is 15.6 Å². The maximum atomic E-state index is 13.0. The van der Waals surface area contributed by atoms with E-state index < -0.39 is 0 Å². The van der Waals surface area contributed by atoms with Crippen molar-refractivity contribution in [3.05, 3.63) is 89.9 Å². The van der Waals surface area contributed by atoms with E-state index in [9.17, 15) is 4.79 Å². The number of anilines is 2. The Hall–Kier alpha value is -3.60. The lowest BCUT2D eigenvalue weighted by atomic mass is 9.87. The second-order valence-electron chi connectivity index (χ2n) is 8.42. The van der Waals surface area contributed by atoms with Gasteiger partial charge in [-0.25, -0.2) is 0 Å². The molecule has 0 radical (unpaired) electrons. The summed E-state index contributed by atoms with van der Waals surface area (Å²) in [5, 5.41) is 7.35. The van der Waals surface area contributed by atoms with Crippen LogP contribution in [0.5, 0.6) is 0 Å². The minimum absolute atomic E-state index is 0.0781. The largest absolute Gasteiger partial charge is 0.380 e. The van der Waals surface area contributed by atoms with Gasteiger partial charge in [-0.2, -0.15) is 0 Å². The lowest BCUT2D eigenvalue weighted by Gasteiger charge is -2.19. The first-order chi connectivity index (χ1) is 14.4. The molecule has 0 aliphatic carbocycles. The molecule has 0 spiro atoms. The van der Waals surface area contributed by atoms with Crippen molar-refractivity contribution in [2.75, 3.05) is 10.6 Å². The number of benzene rings is 2. The molecule has 0 atom stereocenters. The van der Waals surface area contributed by atoms with Gasteiger partial charge in [-0.1, -0.05) is 39.0 Å². The van der Waals surface area contributed by atoms with E-state index in [-0.39, 0.29) is 11.3 Å². The first kappa shape index (κ1) is 19.7. The van der Waals surface area contributed by atoms with Crippen molar-refractivity contribution in [3.8, 4) is 0 Å². The molecule has 3 N–H and O–H groups in total. The van der Waals surface area contributed by atoms with E-state index in [2.05, 4.69) is 53.5 Å². The molecule has 4 rings (SSSR count). The molecule has 5 heteroatoms. The van der Waals surface area contributed by atoms with Gasteiger partial charge in [-0.05, 0) is 52.9 Å². The molecule has 2 heterocycles. The number of nitrogens with zero attached hydrogens (tertiary/aromatic N) is 1. The van der Waals surface area contributed by atoms with Crippen molar-refractivity contribution < 1.29 is 4.79 Å². The van der Waals surface area contributed by atoms with Crippen LogP contribution in [0.15, 0.2) is 73.2 Å². The number of H-pyrrole nitrogens is 1. The van der Waals surface area contributed by atoms with Gasteiger partial charge in [0.25, 0.3) is 5.91 Å². The summed E-state index contributed by atoms with van der Waals surface area (Å²) in [6, 6.07) is 17.9. The Bertz CT molecular complexity index is 1160. The monoisotopic (exact) mass is 398 g/mol. The molecule has 0 aliphatic rings. The van der Waals surface area contributed by atoms with Gasteiger partial charge >= 0.3 is 0 Å². The SMILES string of the molecule is CC(C)(C)c1ccc(NC(=O)c2c[nH]c3cccc(NCc4ccncc4)c23)cc1. The number of carbonyl (C=O) groups excluding carboxylic acids is 1. The number of amides is 1. The van der Waals surface area contributed by atoms with Crippen LogP contribution in [-0.2, 0) is 12.0 Å². The Morgan fingerprint density at radius 2 is 1.73 bits per heavy atom. The van der Waals surface area contributed by atoms with E-state index in [1.54, 1.807) is 18.6 Å². The Morgan fingerprint density at radius 3 is 2.43 bits per heavy atom. The molecule has 0 aliphatic heterocycles. The summed E-state index contributed by atoms with van der Waals surface area (Å²) in [4.78, 5) is 20.3. The normalized spacial score (nSPS) is 11.4. The molecular weight excluding hydrogens is 372 g/mol. The average molecular weight is 399 g/mol. The third-order valence-electron chi connectivity index (χ3n) is 5.19. The maximum Gasteiger partial charge on any atom is 0.257 e. The summed E-state index contributed by atoms with van der Waals surface area (Å²) >= 11 is 0. The minimum Gasteiger partial charge on any atom is -0.380 e. The number of aromatic nitrogens is 2. The van der Waals surface area contributed by atoms with Crippen LogP contribution in [0.4, 0.5) is 11.4 Å². The molecule has 30 heavy (non-hydrogen) atoms. The highest BCUT2D eigenvalue weighted by atomic mass is 16.1. The summed E-state index contributed by atoms with van der Waals surface area (Å²) in [5.41, 5.74) is 5.67. The first-order valence-corrected chi connectivity index (χ1v) is 10.1. The number of hydrogen-bond acceptors (Lipinski definition) is 3. The summed E-state index contributed by atoms with van der Waals surface area (Å²) in [7, 11) is 0. The molecule has 0 bridgehead atoms. The van der Waals surface area contributed by atoms with E-state index in [1.807, 2.05) is 42.5 Å². The molecule has 2 aromatic heterocycles. The van der Waals surface area contributed by atoms with Crippen molar-refractivity contribution in [2.45, 2.75) is 32.7 Å². The highest BCUT2D eigenvalue weighted by molar-refractivity contribution is 6.15. The zero-order chi connectivity index (χ0) is 21.1. The fourth-order valence-electron chi connectivity index (χ4n) is 3.46. The fraction of sp³-hybridized carbons (Fsp3) is 0.200. The van der Waals surface area contributed by atoms with Gasteiger partial charge in [0.1, 0.15) is 0 Å². The van der Waals surface area contributed by atoms with Gasteiger partial charge in [-0.3, -0.25) is 9.78 Å². The predicted molar refractivity (Wildman–Crippen MR) is 123 cm³/mol. The van der Waals surface area contributed by atoms with Crippen molar-refractivity contribution in [1.82, 2.24) is 9.97 Å². The van der Waals surface area contributed by atoms with Crippen LogP contribution in [0.25, 0.3) is 10.9 Å². The Labute approximate surface area is 176 Å². The zero-order valence-corrected chi connectivity index (χ0v) is 17.5. The zero-order valence-electron chi connectivity index (χ0n) is 17.5. The van der Waals surface area contributed by atoms with E-state index in [1.165, 1.54) is 5.56 Å². The topological polar surface area (TPSA) is 69.8 Å². The molecule has 0 saturated heterocycles. The lowest BCUT2D eigenvalue weighted by Crippen LogP contribution is -2.13. The van der Waals surface area contributed by atoms with Crippen molar-refractivity contribution >= 4 is 28.2 Å². The number of hydrogen-bond donors (Lipinski definition) is 3. The van der Waals surface area contributed by atoms with Gasteiger partial charge in [-0.15, -0.1) is 0 Å². The van der Waals surface area contributed by atoms with Crippen LogP contribution in [0, 0.1) is 0 Å². The van der Waals surface area contributed by atoms with Gasteiger partial charge in [0.2, 0.25) is 0 Å². The number of nitrogens with one attached hydrogen (secondary N) is 3. The van der Waals surface area contributed by atoms with Crippen LogP contribution in [0.1, 0.15) is 42.3 Å². The van der Waals surface area contributed by atoms with Gasteiger partial charge in [0, 0.05) is 47.4 Å². The molecule has 5 nitrogen and oxygen atoms in total. The van der Waals surface area contributed by atoms with Crippen molar-refractivity contribution in [3.63, 3.8) is 0 Å². The van der Waals surface area contributed by atoms with Crippen molar-refractivity contribution in [2.24, 2.45) is 0 Å². The quantitative estimate of drug-likeness (QED) is 0.402. The van der Waals surface area contributed by atoms with Crippen molar-refractivity contribution in [1.29, 1.82) is 0 Å². The predicted octanol–water partition coefficient (Wildman–Crippen LogP) is 5.72. The van der Waals surface area contributed by atoms with E-state index in [0.717, 1.165) is 27.8 Å². The van der Waals surface area contributed by atoms with Crippen LogP contribution in [-0.4, -0.2) is 15.9 Å². The molecule has 0 unspecified atom stereocenters. The van der Waals surface area contributed by atoms with Crippen LogP contribution < -0.4 is 10.6 Å². The smallest absolute Gasteiger partial charge is 0.257 e. The number of rotatable bonds is 5. The summed E-state index contributed by atoms with van der Waals surface area (Å²) in [5.74, 6) is -0.136. The lowest BCUT2D eigenvalue weighted by molar-refractivity contribution is 0.102. The molecule has 1 amide bonds. The third kappa shape index (κ3) is 4.20. The molecule has 4 aromatic rings. The van der Waals surface area contributed by atoms with Crippen LogP contribution >= 0.6 is 0 Å². The number of carbonyl (C=O) groups is 1. The Balaban J connectivity index is 1.57. The molecular formula is C25H26N4O. The van der Waals surface area contributed by atoms with E-state index >= 15 is 0 Å². The summed E-state index contributed by atoms with van der Waals surface area (Å²) in [6.07, 6.45) is 5.32. The number of pyridine rings is 1. The summed E-state index contributed by atoms with van der Waals surface area (Å²) in [6.45, 7) is 7.18. The third-order valence-corrected chi connectivity index (χ3v) is 5.19. The molecule has 0 saturated carbocycles. The Kier molecular flexibility index (Phi) is 5.27. The van der Waals surface area contributed by atoms with Gasteiger partial charge in [0.15, 0.2) is 0 Å². The first-order valence-electron chi connectivity index (χ1n) is 10.1. The second-order valence-corrected chi connectivity index (χ2v) is 8.42.